The third-order valence-electron chi connectivity index (χ3n) is 5.08. The van der Waals surface area contributed by atoms with E-state index in [9.17, 15) is 4.79 Å². The lowest BCUT2D eigenvalue weighted by molar-refractivity contribution is -0.136. The van der Waals surface area contributed by atoms with Crippen molar-refractivity contribution in [2.45, 2.75) is 129 Å². The van der Waals surface area contributed by atoms with Gasteiger partial charge in [-0.3, -0.25) is 4.79 Å². The van der Waals surface area contributed by atoms with Crippen molar-refractivity contribution in [1.82, 2.24) is 0 Å². The highest BCUT2D eigenvalue weighted by Gasteiger charge is 1.94. The van der Waals surface area contributed by atoms with Gasteiger partial charge < -0.3 is 5.11 Å². The second-order valence-electron chi connectivity index (χ2n) is 7.84. The maximum atomic E-state index is 10.4. The first-order valence-electron chi connectivity index (χ1n) is 11.8. The van der Waals surface area contributed by atoms with E-state index in [4.69, 9.17) is 5.11 Å². The molecule has 0 aromatic heterocycles. The average molecular weight is 379 g/mol. The van der Waals surface area contributed by atoms with Crippen molar-refractivity contribution in [3.8, 4) is 0 Å². The van der Waals surface area contributed by atoms with E-state index >= 15 is 0 Å². The van der Waals surface area contributed by atoms with E-state index in [1.54, 1.807) is 0 Å². The first-order valence-corrected chi connectivity index (χ1v) is 11.8. The van der Waals surface area contributed by atoms with Crippen molar-refractivity contribution in [2.75, 3.05) is 0 Å². The summed E-state index contributed by atoms with van der Waals surface area (Å²) in [7, 11) is 0. The van der Waals surface area contributed by atoms with Crippen molar-refractivity contribution in [3.05, 3.63) is 24.3 Å². The van der Waals surface area contributed by atoms with Crippen LogP contribution in [-0.4, -0.2) is 11.1 Å². The Bertz CT molecular complexity index is 357. The summed E-state index contributed by atoms with van der Waals surface area (Å²) in [6.07, 6.45) is 32.7. The Balaban J connectivity index is 3.13. The first kappa shape index (κ1) is 26.0. The van der Waals surface area contributed by atoms with Crippen molar-refractivity contribution in [3.63, 3.8) is 0 Å². The summed E-state index contributed by atoms with van der Waals surface area (Å²) in [6.45, 7) is 2.28. The number of hydrogen-bond acceptors (Lipinski definition) is 1. The Morgan fingerprint density at radius 3 is 1.37 bits per heavy atom. The van der Waals surface area contributed by atoms with Gasteiger partial charge in [-0.15, -0.1) is 0 Å². The standard InChI is InChI=1S/C25H46O2/c1-2-3-4-5-6-7-8-9-10-11-12-13-14-15-16-17-18-19-20-21-22-23-24-25(26)27/h17-18,21-22H,2-16,19-20,23-24H2,1H3,(H,26,27)/b18-17-,22-21-. The molecule has 0 unspecified atom stereocenters. The number of allylic oxidation sites excluding steroid dienone is 4. The number of carbonyl (C=O) groups is 1. The molecule has 0 aromatic carbocycles. The maximum Gasteiger partial charge on any atom is 0.303 e. The normalized spacial score (nSPS) is 11.7. The molecular weight excluding hydrogens is 332 g/mol. The van der Waals surface area contributed by atoms with Crippen molar-refractivity contribution < 1.29 is 9.90 Å². The summed E-state index contributed by atoms with van der Waals surface area (Å²) in [4.78, 5) is 10.4. The third-order valence-corrected chi connectivity index (χ3v) is 5.08. The van der Waals surface area contributed by atoms with E-state index in [1.807, 2.05) is 6.08 Å². The van der Waals surface area contributed by atoms with E-state index in [0.717, 1.165) is 12.8 Å². The molecule has 0 rings (SSSR count). The lowest BCUT2D eigenvalue weighted by atomic mass is 10.0. The largest absolute Gasteiger partial charge is 0.481 e. The zero-order valence-electron chi connectivity index (χ0n) is 18.1. The summed E-state index contributed by atoms with van der Waals surface area (Å²) in [5.41, 5.74) is 0. The molecule has 2 nitrogen and oxygen atoms in total. The molecule has 0 saturated heterocycles. The van der Waals surface area contributed by atoms with Gasteiger partial charge in [0.05, 0.1) is 0 Å². The van der Waals surface area contributed by atoms with Crippen LogP contribution in [-0.2, 0) is 4.79 Å². The van der Waals surface area contributed by atoms with Gasteiger partial charge in [-0.1, -0.05) is 115 Å². The highest BCUT2D eigenvalue weighted by atomic mass is 16.4. The quantitative estimate of drug-likeness (QED) is 0.160. The highest BCUT2D eigenvalue weighted by Crippen LogP contribution is 2.13. The molecule has 0 spiro atoms. The second kappa shape index (κ2) is 23.0. The van der Waals surface area contributed by atoms with Crippen molar-refractivity contribution in [2.24, 2.45) is 0 Å². The summed E-state index contributed by atoms with van der Waals surface area (Å²) in [5.74, 6) is -0.715. The van der Waals surface area contributed by atoms with E-state index in [1.165, 1.54) is 96.3 Å². The van der Waals surface area contributed by atoms with Gasteiger partial charge in [0.25, 0.3) is 0 Å². The van der Waals surface area contributed by atoms with Gasteiger partial charge in [-0.25, -0.2) is 0 Å². The smallest absolute Gasteiger partial charge is 0.303 e. The fraction of sp³-hybridized carbons (Fsp3) is 0.800. The SMILES string of the molecule is CCCCCCCCCCCCCCCC/C=C\CC/C=C\CCC(=O)O. The molecule has 2 heteroatoms. The van der Waals surface area contributed by atoms with Gasteiger partial charge >= 0.3 is 5.97 Å². The molecule has 0 aromatic rings. The van der Waals surface area contributed by atoms with E-state index < -0.39 is 5.97 Å². The van der Waals surface area contributed by atoms with Gasteiger partial charge in [0.15, 0.2) is 0 Å². The molecule has 27 heavy (non-hydrogen) atoms. The predicted octanol–water partition coefficient (Wildman–Crippen LogP) is 8.62. The molecule has 0 heterocycles. The summed E-state index contributed by atoms with van der Waals surface area (Å²) in [6, 6.07) is 0. The average Bonchev–Trinajstić information content (AvgIpc) is 2.65. The summed E-state index contributed by atoms with van der Waals surface area (Å²) >= 11 is 0. The van der Waals surface area contributed by atoms with Crippen LogP contribution in [0.25, 0.3) is 0 Å². The molecule has 1 N–H and O–H groups in total. The molecule has 0 saturated carbocycles. The monoisotopic (exact) mass is 378 g/mol. The van der Waals surface area contributed by atoms with Crippen LogP contribution in [0.15, 0.2) is 24.3 Å². The van der Waals surface area contributed by atoms with Crippen molar-refractivity contribution in [1.29, 1.82) is 0 Å². The second-order valence-corrected chi connectivity index (χ2v) is 7.84. The predicted molar refractivity (Wildman–Crippen MR) is 119 cm³/mol. The van der Waals surface area contributed by atoms with Gasteiger partial charge in [-0.05, 0) is 32.1 Å². The van der Waals surface area contributed by atoms with Crippen LogP contribution in [0.2, 0.25) is 0 Å². The summed E-state index contributed by atoms with van der Waals surface area (Å²) < 4.78 is 0. The molecule has 0 aliphatic rings. The lowest BCUT2D eigenvalue weighted by Gasteiger charge is -2.02. The minimum Gasteiger partial charge on any atom is -0.481 e. The molecule has 0 fully saturated rings. The number of carboxylic acid groups (broad SMARTS) is 1. The minimum atomic E-state index is -0.715. The van der Waals surface area contributed by atoms with Crippen molar-refractivity contribution >= 4 is 5.97 Å². The molecule has 158 valence electrons. The minimum absolute atomic E-state index is 0.242. The Morgan fingerprint density at radius 1 is 0.556 bits per heavy atom. The summed E-state index contributed by atoms with van der Waals surface area (Å²) in [5, 5.41) is 8.53. The lowest BCUT2D eigenvalue weighted by Crippen LogP contribution is -1.91. The Morgan fingerprint density at radius 2 is 0.926 bits per heavy atom. The van der Waals surface area contributed by atoms with Crippen LogP contribution in [0.4, 0.5) is 0 Å². The van der Waals surface area contributed by atoms with Gasteiger partial charge in [0, 0.05) is 6.42 Å². The highest BCUT2D eigenvalue weighted by molar-refractivity contribution is 5.66. The molecule has 0 aliphatic heterocycles. The number of aliphatic carboxylic acids is 1. The Labute approximate surface area is 169 Å². The van der Waals surface area contributed by atoms with Gasteiger partial charge in [0.1, 0.15) is 0 Å². The van der Waals surface area contributed by atoms with Crippen LogP contribution in [0.5, 0.6) is 0 Å². The fourth-order valence-corrected chi connectivity index (χ4v) is 3.33. The molecule has 0 atom stereocenters. The van der Waals surface area contributed by atoms with Crippen LogP contribution < -0.4 is 0 Å². The molecule has 0 bridgehead atoms. The van der Waals surface area contributed by atoms with Crippen LogP contribution in [0.3, 0.4) is 0 Å². The fourth-order valence-electron chi connectivity index (χ4n) is 3.33. The molecule has 0 amide bonds. The van der Waals surface area contributed by atoms with Crippen LogP contribution >= 0.6 is 0 Å². The Kier molecular flexibility index (Phi) is 22.1. The van der Waals surface area contributed by atoms with Crippen LogP contribution in [0, 0.1) is 0 Å². The third kappa shape index (κ3) is 24.9. The Hall–Kier alpha value is -1.05. The van der Waals surface area contributed by atoms with Gasteiger partial charge in [0.2, 0.25) is 0 Å². The zero-order chi connectivity index (χ0) is 19.8. The van der Waals surface area contributed by atoms with E-state index in [-0.39, 0.29) is 6.42 Å². The zero-order valence-corrected chi connectivity index (χ0v) is 18.1. The number of hydrogen-bond donors (Lipinski definition) is 1. The number of unbranched alkanes of at least 4 members (excludes halogenated alkanes) is 15. The number of rotatable bonds is 21. The molecule has 0 radical (unpaired) electrons. The van der Waals surface area contributed by atoms with Crippen LogP contribution in [0.1, 0.15) is 129 Å². The van der Waals surface area contributed by atoms with E-state index in [2.05, 4.69) is 25.2 Å². The first-order chi connectivity index (χ1) is 13.3. The maximum absolute atomic E-state index is 10.4. The number of carboxylic acids is 1. The molecule has 0 aliphatic carbocycles. The topological polar surface area (TPSA) is 37.3 Å². The van der Waals surface area contributed by atoms with E-state index in [0.29, 0.717) is 6.42 Å². The molecular formula is C25H46O2. The van der Waals surface area contributed by atoms with Gasteiger partial charge in [-0.2, -0.15) is 0 Å².